The fourth-order valence-electron chi connectivity index (χ4n) is 4.37. The number of ether oxygens (including phenoxy) is 2. The van der Waals surface area contributed by atoms with Crippen molar-refractivity contribution in [2.45, 2.75) is 6.54 Å². The number of methoxy groups -OCH3 is 2. The number of hydrogen-bond acceptors (Lipinski definition) is 10. The third kappa shape index (κ3) is 8.09. The molecule has 4 rings (SSSR count). The molecule has 2 aliphatic rings. The smallest absolute Gasteiger partial charge is 0.273 e. The lowest BCUT2D eigenvalue weighted by molar-refractivity contribution is -0.385. The van der Waals surface area contributed by atoms with Crippen LogP contribution in [0, 0.1) is 20.2 Å². The summed E-state index contributed by atoms with van der Waals surface area (Å²) in [6, 6.07) is 8.88. The highest BCUT2D eigenvalue weighted by Crippen LogP contribution is 2.27. The van der Waals surface area contributed by atoms with Gasteiger partial charge in [0.2, 0.25) is 0 Å². The number of piperazine rings is 2. The van der Waals surface area contributed by atoms with Gasteiger partial charge in [0, 0.05) is 76.6 Å². The Morgan fingerprint density at radius 2 is 1.26 bits per heavy atom. The van der Waals surface area contributed by atoms with E-state index in [0.29, 0.717) is 24.4 Å². The first-order valence-electron chi connectivity index (χ1n) is 12.7. The van der Waals surface area contributed by atoms with Crippen molar-refractivity contribution in [1.29, 1.82) is 0 Å². The van der Waals surface area contributed by atoms with E-state index in [9.17, 15) is 25.0 Å². The van der Waals surface area contributed by atoms with E-state index in [-0.39, 0.29) is 23.0 Å². The Labute approximate surface area is 227 Å². The van der Waals surface area contributed by atoms with E-state index in [1.807, 2.05) is 7.05 Å². The van der Waals surface area contributed by atoms with Crippen LogP contribution >= 0.6 is 0 Å². The SMILES string of the molecule is COc1cc([N+](=O)[O-])ccc1C(=O)N1CCN(C)CC1.COc1cc([N+](=O)[O-])ccc1CN1CCN(C)CC1. The molecule has 2 saturated heterocycles. The van der Waals surface area contributed by atoms with Crippen LogP contribution in [0.4, 0.5) is 11.4 Å². The van der Waals surface area contributed by atoms with Crippen molar-refractivity contribution in [3.05, 3.63) is 67.8 Å². The maximum absolute atomic E-state index is 12.4. The average molecular weight is 545 g/mol. The largest absolute Gasteiger partial charge is 0.496 e. The summed E-state index contributed by atoms with van der Waals surface area (Å²) < 4.78 is 10.4. The minimum absolute atomic E-state index is 0.0685. The first kappa shape index (κ1) is 29.7. The molecule has 2 aromatic carbocycles. The third-order valence-corrected chi connectivity index (χ3v) is 6.89. The van der Waals surface area contributed by atoms with Crippen LogP contribution in [0.3, 0.4) is 0 Å². The molecule has 0 aromatic heterocycles. The van der Waals surface area contributed by atoms with Crippen molar-refractivity contribution in [3.8, 4) is 11.5 Å². The van der Waals surface area contributed by atoms with Crippen LogP contribution in [0.5, 0.6) is 11.5 Å². The fourth-order valence-corrected chi connectivity index (χ4v) is 4.37. The zero-order valence-corrected chi connectivity index (χ0v) is 22.9. The van der Waals surface area contributed by atoms with Gasteiger partial charge >= 0.3 is 0 Å². The van der Waals surface area contributed by atoms with Crippen LogP contribution in [-0.4, -0.2) is 116 Å². The lowest BCUT2D eigenvalue weighted by Gasteiger charge is -2.32. The van der Waals surface area contributed by atoms with Crippen molar-refractivity contribution in [3.63, 3.8) is 0 Å². The normalized spacial score (nSPS) is 16.7. The number of non-ortho nitro benzene ring substituents is 2. The molecule has 0 spiro atoms. The molecule has 0 N–H and O–H groups in total. The van der Waals surface area contributed by atoms with Gasteiger partial charge in [0.25, 0.3) is 17.3 Å². The molecule has 0 atom stereocenters. The minimum atomic E-state index is -0.507. The molecule has 2 aliphatic heterocycles. The average Bonchev–Trinajstić information content (AvgIpc) is 2.94. The van der Waals surface area contributed by atoms with Crippen LogP contribution in [0.1, 0.15) is 15.9 Å². The summed E-state index contributed by atoms with van der Waals surface area (Å²) >= 11 is 0. The van der Waals surface area contributed by atoms with Gasteiger partial charge in [-0.25, -0.2) is 0 Å². The molecular formula is C26H36N6O7. The highest BCUT2D eigenvalue weighted by atomic mass is 16.6. The van der Waals surface area contributed by atoms with Crippen molar-refractivity contribution in [2.24, 2.45) is 0 Å². The Morgan fingerprint density at radius 3 is 1.77 bits per heavy atom. The van der Waals surface area contributed by atoms with Crippen LogP contribution in [0.2, 0.25) is 0 Å². The van der Waals surface area contributed by atoms with Crippen molar-refractivity contribution in [1.82, 2.24) is 19.6 Å². The number of carbonyl (C=O) groups is 1. The van der Waals surface area contributed by atoms with Crippen molar-refractivity contribution >= 4 is 17.3 Å². The van der Waals surface area contributed by atoms with Crippen molar-refractivity contribution < 1.29 is 24.1 Å². The van der Waals surface area contributed by atoms with E-state index in [4.69, 9.17) is 9.47 Å². The Kier molecular flexibility index (Phi) is 10.5. The van der Waals surface area contributed by atoms with E-state index >= 15 is 0 Å². The van der Waals surface area contributed by atoms with E-state index in [1.54, 1.807) is 18.1 Å². The molecule has 212 valence electrons. The molecule has 0 bridgehead atoms. The summed E-state index contributed by atoms with van der Waals surface area (Å²) in [6.07, 6.45) is 0. The first-order valence-corrected chi connectivity index (χ1v) is 12.7. The zero-order chi connectivity index (χ0) is 28.5. The number of nitro benzene ring substituents is 2. The van der Waals surface area contributed by atoms with E-state index in [1.165, 1.54) is 37.4 Å². The van der Waals surface area contributed by atoms with Gasteiger partial charge in [0.15, 0.2) is 0 Å². The zero-order valence-electron chi connectivity index (χ0n) is 22.9. The lowest BCUT2D eigenvalue weighted by Crippen LogP contribution is -2.47. The van der Waals surface area contributed by atoms with E-state index in [2.05, 4.69) is 21.7 Å². The summed E-state index contributed by atoms with van der Waals surface area (Å²) in [5.41, 5.74) is 1.34. The number of hydrogen-bond donors (Lipinski definition) is 0. The Balaban J connectivity index is 0.000000216. The Hall–Kier alpha value is -3.81. The van der Waals surface area contributed by atoms with Gasteiger partial charge in [-0.05, 0) is 26.2 Å². The summed E-state index contributed by atoms with van der Waals surface area (Å²) in [5, 5.41) is 21.5. The second kappa shape index (κ2) is 13.8. The molecular weight excluding hydrogens is 508 g/mol. The molecule has 0 radical (unpaired) electrons. The molecule has 0 unspecified atom stereocenters. The maximum atomic E-state index is 12.4. The molecule has 2 heterocycles. The number of carbonyl (C=O) groups excluding carboxylic acids is 1. The molecule has 0 saturated carbocycles. The van der Waals surface area contributed by atoms with Gasteiger partial charge in [-0.3, -0.25) is 29.9 Å². The highest BCUT2D eigenvalue weighted by molar-refractivity contribution is 5.97. The molecule has 13 nitrogen and oxygen atoms in total. The molecule has 13 heteroatoms. The van der Waals surface area contributed by atoms with Crippen LogP contribution in [0.25, 0.3) is 0 Å². The molecule has 0 aliphatic carbocycles. The number of rotatable bonds is 7. The van der Waals surface area contributed by atoms with Crippen LogP contribution in [-0.2, 0) is 6.54 Å². The molecule has 2 aromatic rings. The Morgan fingerprint density at radius 1 is 0.769 bits per heavy atom. The monoisotopic (exact) mass is 544 g/mol. The van der Waals surface area contributed by atoms with Gasteiger partial charge in [0.1, 0.15) is 11.5 Å². The molecule has 39 heavy (non-hydrogen) atoms. The van der Waals surface area contributed by atoms with Gasteiger partial charge in [0.05, 0.1) is 41.8 Å². The molecule has 1 amide bonds. The number of benzene rings is 2. The van der Waals surface area contributed by atoms with E-state index in [0.717, 1.165) is 51.4 Å². The fraction of sp³-hybridized carbons (Fsp3) is 0.500. The minimum Gasteiger partial charge on any atom is -0.496 e. The van der Waals surface area contributed by atoms with Crippen LogP contribution < -0.4 is 9.47 Å². The predicted octanol–water partition coefficient (Wildman–Crippen LogP) is 2.34. The molecule has 2 fully saturated rings. The lowest BCUT2D eigenvalue weighted by atomic mass is 10.1. The number of amides is 1. The predicted molar refractivity (Wildman–Crippen MR) is 145 cm³/mol. The van der Waals surface area contributed by atoms with Gasteiger partial charge in [-0.1, -0.05) is 0 Å². The third-order valence-electron chi connectivity index (χ3n) is 6.89. The second-order valence-corrected chi connectivity index (χ2v) is 9.57. The summed E-state index contributed by atoms with van der Waals surface area (Å²) in [4.78, 5) is 41.5. The standard InChI is InChI=1S/C13H17N3O4.C13H19N3O3/c1-14-5-7-15(8-6-14)13(17)11-4-3-10(16(18)19)9-12(11)20-2;1-14-5-7-15(8-6-14)10-11-3-4-12(16(17)18)9-13(11)19-2/h3-4,9H,5-8H2,1-2H3;3-4,9H,5-8,10H2,1-2H3. The van der Waals surface area contributed by atoms with E-state index < -0.39 is 9.85 Å². The Bertz CT molecular complexity index is 1160. The topological polar surface area (TPSA) is 135 Å². The van der Waals surface area contributed by atoms with Gasteiger partial charge in [-0.15, -0.1) is 0 Å². The van der Waals surface area contributed by atoms with Crippen LogP contribution in [0.15, 0.2) is 36.4 Å². The summed E-state index contributed by atoms with van der Waals surface area (Å²) in [5.74, 6) is 0.682. The second-order valence-electron chi connectivity index (χ2n) is 9.57. The van der Waals surface area contributed by atoms with Gasteiger partial charge < -0.3 is 24.2 Å². The first-order chi connectivity index (χ1) is 18.6. The summed E-state index contributed by atoms with van der Waals surface area (Å²) in [6.45, 7) is 7.83. The number of nitrogens with zero attached hydrogens (tertiary/aromatic N) is 6. The maximum Gasteiger partial charge on any atom is 0.273 e. The summed E-state index contributed by atoms with van der Waals surface area (Å²) in [7, 11) is 7.07. The van der Waals surface area contributed by atoms with Gasteiger partial charge in [-0.2, -0.15) is 0 Å². The van der Waals surface area contributed by atoms with Crippen molar-refractivity contribution in [2.75, 3.05) is 80.7 Å². The number of likely N-dealkylation sites (N-methyl/N-ethyl adjacent to an activating group) is 2. The highest BCUT2D eigenvalue weighted by Gasteiger charge is 2.24. The number of nitro groups is 2. The quantitative estimate of drug-likeness (QED) is 0.377.